The highest BCUT2D eigenvalue weighted by Crippen LogP contribution is 2.39. The second-order valence-corrected chi connectivity index (χ2v) is 5.26. The molecule has 4 heteroatoms. The molecule has 1 unspecified atom stereocenters. The van der Waals surface area contributed by atoms with Crippen LogP contribution in [-0.4, -0.2) is 24.6 Å². The van der Waals surface area contributed by atoms with Crippen molar-refractivity contribution >= 4 is 17.7 Å². The molecule has 4 nitrogen and oxygen atoms in total. The third-order valence-corrected chi connectivity index (χ3v) is 3.95. The van der Waals surface area contributed by atoms with Gasteiger partial charge in [0, 0.05) is 13.6 Å². The molecule has 1 aliphatic heterocycles. The summed E-state index contributed by atoms with van der Waals surface area (Å²) in [4.78, 5) is 15.5. The van der Waals surface area contributed by atoms with Gasteiger partial charge in [-0.15, -0.1) is 0 Å². The number of hydrogen-bond donors (Lipinski definition) is 1. The van der Waals surface area contributed by atoms with E-state index in [-0.39, 0.29) is 12.8 Å². The molecule has 2 aromatic rings. The van der Waals surface area contributed by atoms with Gasteiger partial charge in [-0.1, -0.05) is 36.4 Å². The van der Waals surface area contributed by atoms with Gasteiger partial charge in [0.1, 0.15) is 0 Å². The van der Waals surface area contributed by atoms with Crippen molar-refractivity contribution < 1.29 is 9.90 Å². The van der Waals surface area contributed by atoms with Gasteiger partial charge in [-0.25, -0.2) is 0 Å². The van der Waals surface area contributed by atoms with Crippen LogP contribution in [-0.2, 0) is 17.9 Å². The van der Waals surface area contributed by atoms with Crippen molar-refractivity contribution in [2.24, 2.45) is 0 Å². The molecule has 0 aromatic heterocycles. The van der Waals surface area contributed by atoms with E-state index in [1.807, 2.05) is 48.3 Å². The number of aliphatic hydroxyl groups is 1. The van der Waals surface area contributed by atoms with E-state index in [0.29, 0.717) is 6.54 Å². The number of carbonyl (C=O) groups excluding carboxylic acids is 1. The van der Waals surface area contributed by atoms with Crippen LogP contribution in [0, 0.1) is 0 Å². The van der Waals surface area contributed by atoms with Crippen molar-refractivity contribution in [3.63, 3.8) is 0 Å². The maximum Gasteiger partial charge on any atom is 0.162 e. The third kappa shape index (κ3) is 2.38. The minimum absolute atomic E-state index is 0.00552. The van der Waals surface area contributed by atoms with E-state index in [1.54, 1.807) is 0 Å². The van der Waals surface area contributed by atoms with E-state index in [9.17, 15) is 9.90 Å². The Hall–Kier alpha value is -2.33. The fourth-order valence-corrected chi connectivity index (χ4v) is 2.81. The lowest BCUT2D eigenvalue weighted by Gasteiger charge is -2.26. The Bertz CT molecular complexity index is 642. The van der Waals surface area contributed by atoms with Gasteiger partial charge in [-0.2, -0.15) is 0 Å². The molecular formula is C17H18N2O2. The van der Waals surface area contributed by atoms with E-state index < -0.39 is 0 Å². The average molecular weight is 282 g/mol. The Morgan fingerprint density at radius 1 is 1.10 bits per heavy atom. The molecule has 0 spiro atoms. The highest BCUT2D eigenvalue weighted by molar-refractivity contribution is 5.86. The number of anilines is 2. The second-order valence-electron chi connectivity index (χ2n) is 5.26. The smallest absolute Gasteiger partial charge is 0.162 e. The lowest BCUT2D eigenvalue weighted by atomic mass is 10.1. The molecule has 108 valence electrons. The average Bonchev–Trinajstić information content (AvgIpc) is 2.80. The van der Waals surface area contributed by atoms with Crippen LogP contribution < -0.4 is 9.80 Å². The molecule has 0 fully saturated rings. The van der Waals surface area contributed by atoms with E-state index in [2.05, 4.69) is 17.0 Å². The zero-order chi connectivity index (χ0) is 14.8. The predicted molar refractivity (Wildman–Crippen MR) is 83.2 cm³/mol. The van der Waals surface area contributed by atoms with Gasteiger partial charge in [-0.3, -0.25) is 4.79 Å². The zero-order valence-electron chi connectivity index (χ0n) is 11.9. The lowest BCUT2D eigenvalue weighted by molar-refractivity contribution is -0.108. The Labute approximate surface area is 124 Å². The Balaban J connectivity index is 1.98. The molecule has 1 N–H and O–H groups in total. The van der Waals surface area contributed by atoms with Crippen molar-refractivity contribution in [1.82, 2.24) is 0 Å². The fraction of sp³-hybridized carbons (Fsp3) is 0.235. The second kappa shape index (κ2) is 5.58. The van der Waals surface area contributed by atoms with Crippen LogP contribution in [0.1, 0.15) is 11.1 Å². The topological polar surface area (TPSA) is 43.8 Å². The summed E-state index contributed by atoms with van der Waals surface area (Å²) in [6, 6.07) is 15.9. The molecule has 1 heterocycles. The molecule has 0 radical (unpaired) electrons. The summed E-state index contributed by atoms with van der Waals surface area (Å²) in [7, 11) is 1.91. The first-order valence-electron chi connectivity index (χ1n) is 6.97. The number of likely N-dealkylation sites (N-methyl/N-ethyl adjacent to an activating group) is 1. The van der Waals surface area contributed by atoms with Gasteiger partial charge >= 0.3 is 0 Å². The standard InChI is InChI=1S/C17H18N2O2/c1-18-16-9-14(11-20)7-8-15(16)19(17(18)12-21)10-13-5-3-2-4-6-13/h2-9,12,17,20H,10-11H2,1H3. The van der Waals surface area contributed by atoms with E-state index in [0.717, 1.165) is 28.8 Å². The summed E-state index contributed by atoms with van der Waals surface area (Å²) in [5, 5.41) is 9.28. The first-order chi connectivity index (χ1) is 10.2. The van der Waals surface area contributed by atoms with E-state index in [1.165, 1.54) is 0 Å². The van der Waals surface area contributed by atoms with Crippen molar-refractivity contribution in [1.29, 1.82) is 0 Å². The highest BCUT2D eigenvalue weighted by Gasteiger charge is 2.33. The summed E-state index contributed by atoms with van der Waals surface area (Å²) >= 11 is 0. The van der Waals surface area contributed by atoms with Crippen LogP contribution in [0.15, 0.2) is 48.5 Å². The largest absolute Gasteiger partial charge is 0.392 e. The summed E-state index contributed by atoms with van der Waals surface area (Å²) in [5.74, 6) is 0. The Kier molecular flexibility index (Phi) is 3.62. The molecular weight excluding hydrogens is 264 g/mol. The van der Waals surface area contributed by atoms with Crippen molar-refractivity contribution in [3.8, 4) is 0 Å². The summed E-state index contributed by atoms with van der Waals surface area (Å²) in [6.45, 7) is 0.686. The highest BCUT2D eigenvalue weighted by atomic mass is 16.3. The molecule has 21 heavy (non-hydrogen) atoms. The van der Waals surface area contributed by atoms with Gasteiger partial charge < -0.3 is 14.9 Å². The quantitative estimate of drug-likeness (QED) is 0.873. The summed E-state index contributed by atoms with van der Waals surface area (Å²) in [6.07, 6.45) is 0.649. The summed E-state index contributed by atoms with van der Waals surface area (Å²) in [5.41, 5.74) is 4.02. The van der Waals surface area contributed by atoms with E-state index >= 15 is 0 Å². The molecule has 1 aliphatic rings. The Morgan fingerprint density at radius 3 is 2.52 bits per heavy atom. The molecule has 0 amide bonds. The van der Waals surface area contributed by atoms with Crippen LogP contribution in [0.2, 0.25) is 0 Å². The van der Waals surface area contributed by atoms with Gasteiger partial charge in [-0.05, 0) is 23.3 Å². The van der Waals surface area contributed by atoms with Crippen LogP contribution in [0.25, 0.3) is 0 Å². The zero-order valence-corrected chi connectivity index (χ0v) is 11.9. The minimum atomic E-state index is -0.311. The number of nitrogens with zero attached hydrogens (tertiary/aromatic N) is 2. The van der Waals surface area contributed by atoms with Gasteiger partial charge in [0.25, 0.3) is 0 Å². The normalized spacial score (nSPS) is 17.0. The number of rotatable bonds is 4. The summed E-state index contributed by atoms with van der Waals surface area (Å²) < 4.78 is 0. The van der Waals surface area contributed by atoms with Crippen LogP contribution >= 0.6 is 0 Å². The van der Waals surface area contributed by atoms with Crippen molar-refractivity contribution in [3.05, 3.63) is 59.7 Å². The number of fused-ring (bicyclic) bond motifs is 1. The van der Waals surface area contributed by atoms with Gasteiger partial charge in [0.2, 0.25) is 0 Å². The molecule has 3 rings (SSSR count). The Morgan fingerprint density at radius 2 is 1.86 bits per heavy atom. The number of aldehydes is 1. The predicted octanol–water partition coefficient (Wildman–Crippen LogP) is 2.16. The molecule has 0 saturated heterocycles. The maximum atomic E-state index is 11.5. The fourth-order valence-electron chi connectivity index (χ4n) is 2.81. The number of carbonyl (C=O) groups is 1. The number of aliphatic hydroxyl groups excluding tert-OH is 1. The maximum absolute atomic E-state index is 11.5. The monoisotopic (exact) mass is 282 g/mol. The SMILES string of the molecule is CN1c2cc(CO)ccc2N(Cc2ccccc2)C1C=O. The van der Waals surface area contributed by atoms with Crippen LogP contribution in [0.3, 0.4) is 0 Å². The lowest BCUT2D eigenvalue weighted by Crippen LogP contribution is -2.42. The number of benzene rings is 2. The van der Waals surface area contributed by atoms with Crippen molar-refractivity contribution in [2.75, 3.05) is 16.8 Å². The number of hydrogen-bond acceptors (Lipinski definition) is 4. The van der Waals surface area contributed by atoms with E-state index in [4.69, 9.17) is 0 Å². The molecule has 2 aromatic carbocycles. The van der Waals surface area contributed by atoms with Gasteiger partial charge in [0.05, 0.1) is 18.0 Å². The molecule has 0 saturated carbocycles. The third-order valence-electron chi connectivity index (χ3n) is 3.95. The molecule has 0 aliphatic carbocycles. The van der Waals surface area contributed by atoms with Crippen LogP contribution in [0.5, 0.6) is 0 Å². The van der Waals surface area contributed by atoms with Crippen molar-refractivity contribution in [2.45, 2.75) is 19.3 Å². The molecule has 1 atom stereocenters. The first-order valence-corrected chi connectivity index (χ1v) is 6.97. The molecule has 0 bridgehead atoms. The first kappa shape index (κ1) is 13.6. The van der Waals surface area contributed by atoms with Crippen LogP contribution in [0.4, 0.5) is 11.4 Å². The minimum Gasteiger partial charge on any atom is -0.392 e. The van der Waals surface area contributed by atoms with Gasteiger partial charge in [0.15, 0.2) is 12.5 Å².